The summed E-state index contributed by atoms with van der Waals surface area (Å²) in [4.78, 5) is 15.6. The molecule has 1 aliphatic heterocycles. The fourth-order valence-corrected chi connectivity index (χ4v) is 1.48. The largest absolute Gasteiger partial charge is 0.350 e. The summed E-state index contributed by atoms with van der Waals surface area (Å²) >= 11 is 0. The van der Waals surface area contributed by atoms with Crippen molar-refractivity contribution in [2.75, 3.05) is 13.2 Å². The molecular weight excluding hydrogens is 194 g/mol. The van der Waals surface area contributed by atoms with E-state index in [9.17, 15) is 4.79 Å². The Labute approximate surface area is 88.2 Å². The fraction of sp³-hybridized carbons (Fsp3) is 0.455. The van der Waals surface area contributed by atoms with Crippen LogP contribution in [0.4, 0.5) is 0 Å². The van der Waals surface area contributed by atoms with Gasteiger partial charge in [-0.25, -0.2) is 0 Å². The number of pyridine rings is 1. The predicted octanol–water partition coefficient (Wildman–Crippen LogP) is 1.42. The number of ether oxygens (including phenoxy) is 2. The Bertz CT molecular complexity index is 320. The predicted molar refractivity (Wildman–Crippen MR) is 53.5 cm³/mol. The standard InChI is InChI=1S/C11H13NO3/c13-10(9-3-1-2-6-12-9)4-5-11-14-7-8-15-11/h1-3,6,11H,4-5,7-8H2. The zero-order chi connectivity index (χ0) is 10.5. The van der Waals surface area contributed by atoms with Crippen LogP contribution < -0.4 is 0 Å². The molecular formula is C11H13NO3. The van der Waals surface area contributed by atoms with Gasteiger partial charge in [-0.3, -0.25) is 9.78 Å². The zero-order valence-corrected chi connectivity index (χ0v) is 8.39. The van der Waals surface area contributed by atoms with Crippen LogP contribution >= 0.6 is 0 Å². The molecule has 0 amide bonds. The van der Waals surface area contributed by atoms with Gasteiger partial charge in [-0.15, -0.1) is 0 Å². The highest BCUT2D eigenvalue weighted by Crippen LogP contribution is 2.12. The first kappa shape index (κ1) is 10.3. The lowest BCUT2D eigenvalue weighted by Crippen LogP contribution is -2.11. The van der Waals surface area contributed by atoms with E-state index in [-0.39, 0.29) is 12.1 Å². The van der Waals surface area contributed by atoms with Crippen LogP contribution in [0.3, 0.4) is 0 Å². The Morgan fingerprint density at radius 2 is 2.20 bits per heavy atom. The molecule has 0 N–H and O–H groups in total. The van der Waals surface area contributed by atoms with Crippen LogP contribution in [0.2, 0.25) is 0 Å². The topological polar surface area (TPSA) is 48.4 Å². The Hall–Kier alpha value is -1.26. The molecule has 0 aliphatic carbocycles. The van der Waals surface area contributed by atoms with Gasteiger partial charge < -0.3 is 9.47 Å². The maximum Gasteiger partial charge on any atom is 0.181 e. The second-order valence-corrected chi connectivity index (χ2v) is 3.35. The molecule has 0 bridgehead atoms. The number of aromatic nitrogens is 1. The Kier molecular flexibility index (Phi) is 3.42. The van der Waals surface area contributed by atoms with Crippen molar-refractivity contribution in [2.45, 2.75) is 19.1 Å². The number of hydrogen-bond donors (Lipinski definition) is 0. The monoisotopic (exact) mass is 207 g/mol. The van der Waals surface area contributed by atoms with Gasteiger partial charge in [-0.2, -0.15) is 0 Å². The highest BCUT2D eigenvalue weighted by molar-refractivity contribution is 5.94. The van der Waals surface area contributed by atoms with Crippen molar-refractivity contribution < 1.29 is 14.3 Å². The van der Waals surface area contributed by atoms with Crippen LogP contribution in [0.1, 0.15) is 23.3 Å². The number of nitrogens with zero attached hydrogens (tertiary/aromatic N) is 1. The number of ketones is 1. The second kappa shape index (κ2) is 5.00. The summed E-state index contributed by atoms with van der Waals surface area (Å²) in [6.45, 7) is 1.25. The number of rotatable bonds is 4. The van der Waals surface area contributed by atoms with Crippen molar-refractivity contribution in [1.29, 1.82) is 0 Å². The van der Waals surface area contributed by atoms with Crippen molar-refractivity contribution in [1.82, 2.24) is 4.98 Å². The first-order valence-electron chi connectivity index (χ1n) is 5.04. The van der Waals surface area contributed by atoms with E-state index in [4.69, 9.17) is 9.47 Å². The van der Waals surface area contributed by atoms with Crippen molar-refractivity contribution >= 4 is 5.78 Å². The molecule has 0 aromatic carbocycles. The lowest BCUT2D eigenvalue weighted by molar-refractivity contribution is -0.0464. The molecule has 1 saturated heterocycles. The van der Waals surface area contributed by atoms with Gasteiger partial charge in [0.1, 0.15) is 5.69 Å². The summed E-state index contributed by atoms with van der Waals surface area (Å²) in [5, 5.41) is 0. The first-order chi connectivity index (χ1) is 7.36. The molecule has 1 aromatic rings. The number of carbonyl (C=O) groups is 1. The van der Waals surface area contributed by atoms with Gasteiger partial charge >= 0.3 is 0 Å². The Morgan fingerprint density at radius 1 is 1.40 bits per heavy atom. The van der Waals surface area contributed by atoms with E-state index in [1.165, 1.54) is 0 Å². The quantitative estimate of drug-likeness (QED) is 0.700. The molecule has 1 fully saturated rings. The summed E-state index contributed by atoms with van der Waals surface area (Å²) in [5.41, 5.74) is 0.510. The SMILES string of the molecule is O=C(CCC1OCCO1)c1ccccn1. The van der Waals surface area contributed by atoms with Crippen molar-refractivity contribution in [3.05, 3.63) is 30.1 Å². The Morgan fingerprint density at radius 3 is 2.87 bits per heavy atom. The van der Waals surface area contributed by atoms with Gasteiger partial charge in [0.2, 0.25) is 0 Å². The van der Waals surface area contributed by atoms with E-state index in [1.54, 1.807) is 18.3 Å². The molecule has 0 unspecified atom stereocenters. The third kappa shape index (κ3) is 2.84. The summed E-state index contributed by atoms with van der Waals surface area (Å²) in [6.07, 6.45) is 2.44. The maximum absolute atomic E-state index is 11.6. The van der Waals surface area contributed by atoms with Crippen molar-refractivity contribution in [3.63, 3.8) is 0 Å². The van der Waals surface area contributed by atoms with Gasteiger partial charge in [-0.1, -0.05) is 6.07 Å². The molecule has 0 atom stereocenters. The molecule has 4 heteroatoms. The van der Waals surface area contributed by atoms with Gasteiger partial charge in [0.05, 0.1) is 13.2 Å². The van der Waals surface area contributed by atoms with Crippen LogP contribution in [0.5, 0.6) is 0 Å². The fourth-order valence-electron chi connectivity index (χ4n) is 1.48. The third-order valence-corrected chi connectivity index (χ3v) is 2.25. The van der Waals surface area contributed by atoms with Crippen molar-refractivity contribution in [3.8, 4) is 0 Å². The van der Waals surface area contributed by atoms with E-state index < -0.39 is 0 Å². The molecule has 2 heterocycles. The molecule has 1 aliphatic rings. The molecule has 15 heavy (non-hydrogen) atoms. The minimum absolute atomic E-state index is 0.0368. The Balaban J connectivity index is 1.82. The minimum Gasteiger partial charge on any atom is -0.350 e. The van der Waals surface area contributed by atoms with E-state index >= 15 is 0 Å². The van der Waals surface area contributed by atoms with E-state index in [0.29, 0.717) is 31.7 Å². The summed E-state index contributed by atoms with van der Waals surface area (Å²) < 4.78 is 10.5. The normalized spacial score (nSPS) is 16.8. The van der Waals surface area contributed by atoms with E-state index in [0.717, 1.165) is 0 Å². The molecule has 0 spiro atoms. The van der Waals surface area contributed by atoms with Crippen molar-refractivity contribution in [2.24, 2.45) is 0 Å². The molecule has 4 nitrogen and oxygen atoms in total. The van der Waals surface area contributed by atoms with Crippen LogP contribution in [0.15, 0.2) is 24.4 Å². The number of carbonyl (C=O) groups excluding carboxylic acids is 1. The molecule has 1 aromatic heterocycles. The zero-order valence-electron chi connectivity index (χ0n) is 8.39. The summed E-state index contributed by atoms with van der Waals surface area (Å²) in [5.74, 6) is 0.0368. The van der Waals surface area contributed by atoms with Gasteiger partial charge in [0.15, 0.2) is 12.1 Å². The van der Waals surface area contributed by atoms with Gasteiger partial charge in [0, 0.05) is 19.0 Å². The third-order valence-electron chi connectivity index (χ3n) is 2.25. The molecule has 80 valence electrons. The lowest BCUT2D eigenvalue weighted by atomic mass is 10.1. The highest BCUT2D eigenvalue weighted by atomic mass is 16.7. The second-order valence-electron chi connectivity index (χ2n) is 3.35. The number of hydrogen-bond acceptors (Lipinski definition) is 4. The summed E-state index contributed by atoms with van der Waals surface area (Å²) in [6, 6.07) is 5.32. The lowest BCUT2D eigenvalue weighted by Gasteiger charge is -2.07. The average Bonchev–Trinajstić information content (AvgIpc) is 2.80. The smallest absolute Gasteiger partial charge is 0.181 e. The summed E-state index contributed by atoms with van der Waals surface area (Å²) in [7, 11) is 0. The minimum atomic E-state index is -0.210. The first-order valence-corrected chi connectivity index (χ1v) is 5.04. The van der Waals surface area contributed by atoms with Crippen LogP contribution in [0.25, 0.3) is 0 Å². The van der Waals surface area contributed by atoms with Crippen LogP contribution in [-0.4, -0.2) is 30.3 Å². The number of Topliss-reactive ketones (excluding diaryl/α,β-unsaturated/α-hetero) is 1. The van der Waals surface area contributed by atoms with E-state index in [2.05, 4.69) is 4.98 Å². The van der Waals surface area contributed by atoms with Crippen LogP contribution in [0, 0.1) is 0 Å². The molecule has 2 rings (SSSR count). The molecule has 0 saturated carbocycles. The van der Waals surface area contributed by atoms with Gasteiger partial charge in [0.25, 0.3) is 0 Å². The van der Waals surface area contributed by atoms with Gasteiger partial charge in [-0.05, 0) is 12.1 Å². The van der Waals surface area contributed by atoms with E-state index in [1.807, 2.05) is 6.07 Å². The maximum atomic E-state index is 11.6. The van der Waals surface area contributed by atoms with Crippen LogP contribution in [-0.2, 0) is 9.47 Å². The average molecular weight is 207 g/mol. The highest BCUT2D eigenvalue weighted by Gasteiger charge is 2.17. The molecule has 0 radical (unpaired) electrons.